The second-order valence-corrected chi connectivity index (χ2v) is 6.39. The fourth-order valence-electron chi connectivity index (χ4n) is 2.85. The molecule has 0 radical (unpaired) electrons. The summed E-state index contributed by atoms with van der Waals surface area (Å²) < 4.78 is 14.1. The largest absolute Gasteiger partial charge is 0.494 e. The van der Waals surface area contributed by atoms with Crippen molar-refractivity contribution in [3.8, 4) is 5.75 Å². The van der Waals surface area contributed by atoms with Crippen molar-refractivity contribution in [2.24, 2.45) is 0 Å². The number of aromatic nitrogens is 2. The Morgan fingerprint density at radius 1 is 1.18 bits per heavy atom. The summed E-state index contributed by atoms with van der Waals surface area (Å²) in [6.07, 6.45) is 7.80. The van der Waals surface area contributed by atoms with Gasteiger partial charge in [0.2, 0.25) is 0 Å². The Morgan fingerprint density at radius 2 is 2.09 bits per heavy atom. The highest BCUT2D eigenvalue weighted by molar-refractivity contribution is 6.99. The molecule has 0 atom stereocenters. The minimum atomic E-state index is 0.727. The van der Waals surface area contributed by atoms with Crippen LogP contribution in [0.25, 0.3) is 0 Å². The van der Waals surface area contributed by atoms with Crippen molar-refractivity contribution in [1.82, 2.24) is 13.6 Å². The first-order valence-corrected chi connectivity index (χ1v) is 8.84. The molecule has 1 aromatic heterocycles. The van der Waals surface area contributed by atoms with Gasteiger partial charge in [0.1, 0.15) is 5.75 Å². The second-order valence-electron chi connectivity index (χ2n) is 5.84. The van der Waals surface area contributed by atoms with Gasteiger partial charge in [-0.25, -0.2) is 0 Å². The maximum atomic E-state index is 5.87. The number of piperidine rings is 1. The molecule has 0 unspecified atom stereocenters. The molecule has 4 nitrogen and oxygen atoms in total. The molecule has 0 saturated carbocycles. The highest BCUT2D eigenvalue weighted by atomic mass is 32.1. The number of benzene rings is 1. The summed E-state index contributed by atoms with van der Waals surface area (Å²) in [4.78, 5) is 2.54. The molecule has 0 N–H and O–H groups in total. The van der Waals surface area contributed by atoms with E-state index in [0.29, 0.717) is 0 Å². The van der Waals surface area contributed by atoms with Crippen molar-refractivity contribution < 1.29 is 4.74 Å². The van der Waals surface area contributed by atoms with E-state index < -0.39 is 0 Å². The molecule has 1 fully saturated rings. The number of aryl methyl sites for hydroxylation is 1. The molecule has 0 amide bonds. The lowest BCUT2D eigenvalue weighted by atomic mass is 10.1. The van der Waals surface area contributed by atoms with E-state index in [1.165, 1.54) is 49.6 Å². The summed E-state index contributed by atoms with van der Waals surface area (Å²) in [5.74, 6) is 0.978. The zero-order valence-corrected chi connectivity index (χ0v) is 13.7. The first-order valence-electron chi connectivity index (χ1n) is 8.11. The summed E-state index contributed by atoms with van der Waals surface area (Å²) in [7, 11) is 0. The third kappa shape index (κ3) is 4.78. The fourth-order valence-corrected chi connectivity index (χ4v) is 3.31. The van der Waals surface area contributed by atoms with Gasteiger partial charge >= 0.3 is 0 Å². The van der Waals surface area contributed by atoms with Crippen LogP contribution in [0.3, 0.4) is 0 Å². The van der Waals surface area contributed by atoms with Gasteiger partial charge in [-0.15, -0.1) is 0 Å². The van der Waals surface area contributed by atoms with Crippen molar-refractivity contribution in [1.29, 1.82) is 0 Å². The number of likely N-dealkylation sites (tertiary alicyclic amines) is 1. The van der Waals surface area contributed by atoms with Crippen LogP contribution in [0.1, 0.15) is 36.9 Å². The van der Waals surface area contributed by atoms with E-state index in [-0.39, 0.29) is 0 Å². The van der Waals surface area contributed by atoms with Gasteiger partial charge in [-0.3, -0.25) is 4.90 Å². The van der Waals surface area contributed by atoms with E-state index in [1.807, 2.05) is 12.3 Å². The van der Waals surface area contributed by atoms with Gasteiger partial charge in [0, 0.05) is 6.54 Å². The Labute approximate surface area is 136 Å². The average Bonchev–Trinajstić information content (AvgIpc) is 3.06. The first kappa shape index (κ1) is 15.4. The SMILES string of the molecule is c1cc(CN2CCCCC2)cc(OCCCc2cnsn2)c1. The Kier molecular flexibility index (Phi) is 5.79. The molecule has 1 saturated heterocycles. The molecule has 0 aliphatic carbocycles. The summed E-state index contributed by atoms with van der Waals surface area (Å²) in [6, 6.07) is 8.52. The summed E-state index contributed by atoms with van der Waals surface area (Å²) >= 11 is 1.27. The van der Waals surface area contributed by atoms with E-state index in [9.17, 15) is 0 Å². The maximum Gasteiger partial charge on any atom is 0.119 e. The molecule has 1 aliphatic rings. The van der Waals surface area contributed by atoms with Gasteiger partial charge in [0.25, 0.3) is 0 Å². The van der Waals surface area contributed by atoms with Gasteiger partial charge in [-0.1, -0.05) is 18.6 Å². The van der Waals surface area contributed by atoms with E-state index in [0.717, 1.165) is 37.4 Å². The minimum Gasteiger partial charge on any atom is -0.494 e. The summed E-state index contributed by atoms with van der Waals surface area (Å²) in [5, 5.41) is 0. The fraction of sp³-hybridized carbons (Fsp3) is 0.529. The molecule has 118 valence electrons. The van der Waals surface area contributed by atoms with Gasteiger partial charge in [0.05, 0.1) is 30.2 Å². The third-order valence-electron chi connectivity index (χ3n) is 4.01. The van der Waals surface area contributed by atoms with Gasteiger partial charge in [-0.05, 0) is 56.5 Å². The van der Waals surface area contributed by atoms with E-state index in [4.69, 9.17) is 4.74 Å². The predicted molar refractivity (Wildman–Crippen MR) is 89.3 cm³/mol. The molecule has 5 heteroatoms. The van der Waals surface area contributed by atoms with Gasteiger partial charge in [0.15, 0.2) is 0 Å². The maximum absolute atomic E-state index is 5.87. The smallest absolute Gasteiger partial charge is 0.119 e. The lowest BCUT2D eigenvalue weighted by Crippen LogP contribution is -2.29. The quantitative estimate of drug-likeness (QED) is 0.732. The normalized spacial score (nSPS) is 15.8. The van der Waals surface area contributed by atoms with Crippen LogP contribution in [-0.4, -0.2) is 33.3 Å². The molecule has 3 rings (SSSR count). The van der Waals surface area contributed by atoms with Crippen molar-refractivity contribution in [3.05, 3.63) is 41.7 Å². The van der Waals surface area contributed by atoms with Crippen molar-refractivity contribution in [2.75, 3.05) is 19.7 Å². The Bertz CT molecular complexity index is 553. The zero-order chi connectivity index (χ0) is 15.0. The second kappa shape index (κ2) is 8.25. The third-order valence-corrected chi connectivity index (χ3v) is 4.52. The molecular formula is C17H23N3OS. The molecule has 0 bridgehead atoms. The van der Waals surface area contributed by atoms with Crippen LogP contribution in [0.15, 0.2) is 30.5 Å². The average molecular weight is 317 g/mol. The van der Waals surface area contributed by atoms with Crippen LogP contribution in [0.5, 0.6) is 5.75 Å². The standard InChI is InChI=1S/C17H23N3OS/c1-2-9-20(10-3-1)14-15-6-4-8-17(12-15)21-11-5-7-16-13-18-22-19-16/h4,6,8,12-13H,1-3,5,7,9-11,14H2. The molecule has 22 heavy (non-hydrogen) atoms. The number of nitrogens with zero attached hydrogens (tertiary/aromatic N) is 3. The Morgan fingerprint density at radius 3 is 2.91 bits per heavy atom. The predicted octanol–water partition coefficient (Wildman–Crippen LogP) is 3.54. The van der Waals surface area contributed by atoms with Gasteiger partial charge < -0.3 is 4.74 Å². The van der Waals surface area contributed by atoms with Crippen LogP contribution in [-0.2, 0) is 13.0 Å². The van der Waals surface area contributed by atoms with E-state index in [1.54, 1.807) is 0 Å². The van der Waals surface area contributed by atoms with Crippen LogP contribution >= 0.6 is 11.7 Å². The van der Waals surface area contributed by atoms with Crippen molar-refractivity contribution in [3.63, 3.8) is 0 Å². The van der Waals surface area contributed by atoms with Crippen LogP contribution in [0.4, 0.5) is 0 Å². The van der Waals surface area contributed by atoms with Crippen molar-refractivity contribution in [2.45, 2.75) is 38.6 Å². The van der Waals surface area contributed by atoms with Crippen molar-refractivity contribution >= 4 is 11.7 Å². The van der Waals surface area contributed by atoms with E-state index >= 15 is 0 Å². The first-order chi connectivity index (χ1) is 10.9. The van der Waals surface area contributed by atoms with E-state index in [2.05, 4.69) is 31.8 Å². The molecular weight excluding hydrogens is 294 g/mol. The summed E-state index contributed by atoms with van der Waals surface area (Å²) in [5.41, 5.74) is 2.41. The van der Waals surface area contributed by atoms with Crippen LogP contribution in [0, 0.1) is 0 Å². The molecule has 1 aliphatic heterocycles. The van der Waals surface area contributed by atoms with Crippen LogP contribution in [0.2, 0.25) is 0 Å². The molecule has 2 heterocycles. The topological polar surface area (TPSA) is 38.2 Å². The van der Waals surface area contributed by atoms with Crippen LogP contribution < -0.4 is 4.74 Å². The molecule has 0 spiro atoms. The number of rotatable bonds is 7. The lowest BCUT2D eigenvalue weighted by molar-refractivity contribution is 0.220. The lowest BCUT2D eigenvalue weighted by Gasteiger charge is -2.26. The minimum absolute atomic E-state index is 0.727. The van der Waals surface area contributed by atoms with Gasteiger partial charge in [-0.2, -0.15) is 8.75 Å². The highest BCUT2D eigenvalue weighted by Gasteiger charge is 2.10. The number of ether oxygens (including phenoxy) is 1. The Hall–Kier alpha value is -1.46. The molecule has 2 aromatic rings. The number of hydrogen-bond donors (Lipinski definition) is 0. The monoisotopic (exact) mass is 317 g/mol. The molecule has 1 aromatic carbocycles. The highest BCUT2D eigenvalue weighted by Crippen LogP contribution is 2.18. The summed E-state index contributed by atoms with van der Waals surface area (Å²) in [6.45, 7) is 4.23. The Balaban J connectivity index is 1.44. The zero-order valence-electron chi connectivity index (χ0n) is 12.9. The number of hydrogen-bond acceptors (Lipinski definition) is 5.